The molecule has 1 saturated carbocycles. The topological polar surface area (TPSA) is 127 Å². The molecule has 10 nitrogen and oxygen atoms in total. The summed E-state index contributed by atoms with van der Waals surface area (Å²) in [7, 11) is 0. The predicted molar refractivity (Wildman–Crippen MR) is 121 cm³/mol. The Labute approximate surface area is 199 Å². The SMILES string of the molecule is C=C(c1nccn1/N=C(\C)c1c[nH]c(=O)[nH]c1=O)[C@H]1C[C@@H]1c1cnc2c(F)nn(CC(F)(F)F)c2c1. The van der Waals surface area contributed by atoms with E-state index in [4.69, 9.17) is 0 Å². The molecule has 4 aromatic heterocycles. The Morgan fingerprint density at radius 1 is 1.31 bits per heavy atom. The Kier molecular flexibility index (Phi) is 5.45. The average molecular weight is 502 g/mol. The molecule has 5 rings (SSSR count). The third kappa shape index (κ3) is 4.36. The van der Waals surface area contributed by atoms with Gasteiger partial charge in [0.05, 0.1) is 16.8 Å². The molecule has 0 bridgehead atoms. The van der Waals surface area contributed by atoms with E-state index in [1.54, 1.807) is 13.1 Å². The van der Waals surface area contributed by atoms with Gasteiger partial charge in [-0.2, -0.15) is 22.7 Å². The highest BCUT2D eigenvalue weighted by atomic mass is 19.4. The number of halogens is 4. The zero-order valence-electron chi connectivity index (χ0n) is 18.7. The third-order valence-corrected chi connectivity index (χ3v) is 5.94. The number of imidazole rings is 1. The van der Waals surface area contributed by atoms with Crippen LogP contribution in [0.25, 0.3) is 16.6 Å². The second-order valence-electron chi connectivity index (χ2n) is 8.44. The summed E-state index contributed by atoms with van der Waals surface area (Å²) in [6.07, 6.45) is 1.85. The fourth-order valence-corrected chi connectivity index (χ4v) is 4.14. The number of allylic oxidation sites excluding steroid dienone is 1. The summed E-state index contributed by atoms with van der Waals surface area (Å²) in [5.74, 6) is -0.829. The molecule has 0 aromatic carbocycles. The Morgan fingerprint density at radius 2 is 2.08 bits per heavy atom. The lowest BCUT2D eigenvalue weighted by atomic mass is 10.1. The van der Waals surface area contributed by atoms with Gasteiger partial charge < -0.3 is 4.98 Å². The Balaban J connectivity index is 1.39. The molecule has 0 radical (unpaired) electrons. The maximum atomic E-state index is 14.0. The molecule has 0 unspecified atom stereocenters. The van der Waals surface area contributed by atoms with Crippen LogP contribution in [0.4, 0.5) is 17.6 Å². The summed E-state index contributed by atoms with van der Waals surface area (Å²) in [5.41, 5.74) is 0.272. The first-order valence-electron chi connectivity index (χ1n) is 10.7. The standard InChI is InChI=1S/C22H18F4N8O2/c1-10(19-27-3-4-33(19)31-11(2)15-8-29-21(36)30-20(15)35)13-6-14(13)12-5-16-17(28-7-12)18(23)32-34(16)9-22(24,25)26/h3-5,7-8,13-14H,1,6,9H2,2H3,(H2,29,30,35,36)/b31-11+/t13-,14-/m1/s1. The quantitative estimate of drug-likeness (QED) is 0.310. The summed E-state index contributed by atoms with van der Waals surface area (Å²) < 4.78 is 54.7. The lowest BCUT2D eigenvalue weighted by Crippen LogP contribution is -2.26. The molecule has 1 aliphatic rings. The third-order valence-electron chi connectivity index (χ3n) is 5.94. The van der Waals surface area contributed by atoms with Crippen molar-refractivity contribution < 1.29 is 17.6 Å². The highest BCUT2D eigenvalue weighted by molar-refractivity contribution is 5.98. The van der Waals surface area contributed by atoms with Gasteiger partial charge in [-0.05, 0) is 42.4 Å². The van der Waals surface area contributed by atoms with Crippen LogP contribution in [0.2, 0.25) is 0 Å². The van der Waals surface area contributed by atoms with E-state index in [9.17, 15) is 27.2 Å². The van der Waals surface area contributed by atoms with Crippen LogP contribution < -0.4 is 11.2 Å². The first-order valence-corrected chi connectivity index (χ1v) is 10.7. The zero-order valence-corrected chi connectivity index (χ0v) is 18.7. The van der Waals surface area contributed by atoms with Gasteiger partial charge in [0.25, 0.3) is 11.5 Å². The van der Waals surface area contributed by atoms with Crippen LogP contribution in [0.5, 0.6) is 0 Å². The van der Waals surface area contributed by atoms with Crippen molar-refractivity contribution in [3.8, 4) is 0 Å². The van der Waals surface area contributed by atoms with Gasteiger partial charge >= 0.3 is 11.9 Å². The largest absolute Gasteiger partial charge is 0.408 e. The lowest BCUT2D eigenvalue weighted by Gasteiger charge is -2.09. The number of H-pyrrole nitrogens is 2. The van der Waals surface area contributed by atoms with E-state index < -0.39 is 29.9 Å². The fourth-order valence-electron chi connectivity index (χ4n) is 4.14. The van der Waals surface area contributed by atoms with E-state index in [0.29, 0.717) is 33.8 Å². The minimum Gasteiger partial charge on any atom is -0.313 e. The number of alkyl halides is 3. The molecule has 4 aromatic rings. The number of rotatable bonds is 6. The highest BCUT2D eigenvalue weighted by Gasteiger charge is 2.42. The van der Waals surface area contributed by atoms with Gasteiger partial charge in [-0.3, -0.25) is 14.5 Å². The smallest absolute Gasteiger partial charge is 0.313 e. The van der Waals surface area contributed by atoms with Crippen LogP contribution in [0.3, 0.4) is 0 Å². The molecule has 186 valence electrons. The van der Waals surface area contributed by atoms with E-state index >= 15 is 0 Å². The predicted octanol–water partition coefficient (Wildman–Crippen LogP) is 2.80. The van der Waals surface area contributed by atoms with Crippen molar-refractivity contribution in [1.82, 2.24) is 34.4 Å². The second kappa shape index (κ2) is 8.39. The molecular weight excluding hydrogens is 484 g/mol. The molecule has 1 aliphatic carbocycles. The van der Waals surface area contributed by atoms with Crippen molar-refractivity contribution in [3.05, 3.63) is 81.2 Å². The number of aromatic amines is 2. The van der Waals surface area contributed by atoms with Crippen molar-refractivity contribution in [2.24, 2.45) is 11.0 Å². The second-order valence-corrected chi connectivity index (χ2v) is 8.44. The lowest BCUT2D eigenvalue weighted by molar-refractivity contribution is -0.142. The van der Waals surface area contributed by atoms with Crippen molar-refractivity contribution in [2.45, 2.75) is 32.0 Å². The summed E-state index contributed by atoms with van der Waals surface area (Å²) in [5, 5.41) is 7.74. The van der Waals surface area contributed by atoms with Crippen molar-refractivity contribution in [1.29, 1.82) is 0 Å². The average Bonchev–Trinajstić information content (AvgIpc) is 3.38. The van der Waals surface area contributed by atoms with Crippen LogP contribution in [-0.2, 0) is 6.54 Å². The van der Waals surface area contributed by atoms with Crippen molar-refractivity contribution >= 4 is 22.3 Å². The maximum Gasteiger partial charge on any atom is 0.408 e. The van der Waals surface area contributed by atoms with Gasteiger partial charge in [0, 0.05) is 24.8 Å². The molecular formula is C22H18F4N8O2. The minimum atomic E-state index is -4.56. The Morgan fingerprint density at radius 3 is 2.81 bits per heavy atom. The van der Waals surface area contributed by atoms with Gasteiger partial charge in [0.15, 0.2) is 5.82 Å². The Bertz CT molecular complexity index is 1640. The molecule has 0 spiro atoms. The molecule has 0 aliphatic heterocycles. The molecule has 1 fully saturated rings. The molecule has 2 N–H and O–H groups in total. The van der Waals surface area contributed by atoms with E-state index in [-0.39, 0.29) is 28.4 Å². The number of pyridine rings is 1. The summed E-state index contributed by atoms with van der Waals surface area (Å²) in [6.45, 7) is 4.29. The Hall–Kier alpha value is -4.36. The molecule has 0 saturated heterocycles. The number of fused-ring (bicyclic) bond motifs is 1. The molecule has 36 heavy (non-hydrogen) atoms. The van der Waals surface area contributed by atoms with Crippen LogP contribution in [-0.4, -0.2) is 46.3 Å². The van der Waals surface area contributed by atoms with Crippen molar-refractivity contribution in [2.75, 3.05) is 0 Å². The van der Waals surface area contributed by atoms with Gasteiger partial charge in [0.2, 0.25) is 0 Å². The highest BCUT2D eigenvalue weighted by Crippen LogP contribution is 2.54. The maximum absolute atomic E-state index is 14.0. The fraction of sp³-hybridized carbons (Fsp3) is 0.273. The molecule has 2 atom stereocenters. The first-order chi connectivity index (χ1) is 17.0. The molecule has 4 heterocycles. The van der Waals surface area contributed by atoms with Gasteiger partial charge in [0.1, 0.15) is 12.1 Å². The summed E-state index contributed by atoms with van der Waals surface area (Å²) in [4.78, 5) is 36.1. The van der Waals surface area contributed by atoms with E-state index in [2.05, 4.69) is 36.7 Å². The van der Waals surface area contributed by atoms with E-state index in [0.717, 1.165) is 0 Å². The number of hydrogen-bond donors (Lipinski definition) is 2. The molecule has 0 amide bonds. The number of nitrogens with zero attached hydrogens (tertiary/aromatic N) is 6. The van der Waals surface area contributed by atoms with Crippen LogP contribution in [0.15, 0.2) is 52.1 Å². The van der Waals surface area contributed by atoms with E-state index in [1.807, 2.05) is 0 Å². The minimum absolute atomic E-state index is 0.0357. The zero-order chi connectivity index (χ0) is 25.8. The number of aromatic nitrogens is 7. The monoisotopic (exact) mass is 502 g/mol. The van der Waals surface area contributed by atoms with Gasteiger partial charge in [-0.1, -0.05) is 6.58 Å². The van der Waals surface area contributed by atoms with Crippen LogP contribution in [0, 0.1) is 11.9 Å². The normalized spacial score (nSPS) is 18.1. The number of nitrogens with one attached hydrogen (secondary N) is 2. The van der Waals surface area contributed by atoms with Crippen LogP contribution >= 0.6 is 0 Å². The first kappa shape index (κ1) is 23.4. The van der Waals surface area contributed by atoms with Crippen molar-refractivity contribution in [3.63, 3.8) is 0 Å². The van der Waals surface area contributed by atoms with Crippen LogP contribution in [0.1, 0.15) is 36.2 Å². The van der Waals surface area contributed by atoms with E-state index in [1.165, 1.54) is 29.3 Å². The summed E-state index contributed by atoms with van der Waals surface area (Å²) in [6, 6.07) is 1.47. The van der Waals surface area contributed by atoms with Gasteiger partial charge in [-0.15, -0.1) is 5.10 Å². The number of hydrogen-bond acceptors (Lipinski definition) is 6. The molecule has 14 heteroatoms. The van der Waals surface area contributed by atoms with Gasteiger partial charge in [-0.25, -0.2) is 19.4 Å². The summed E-state index contributed by atoms with van der Waals surface area (Å²) >= 11 is 0.